The molecule has 21 heavy (non-hydrogen) atoms. The Balaban J connectivity index is 1.74. The van der Waals surface area contributed by atoms with Crippen molar-refractivity contribution >= 4 is 0 Å². The van der Waals surface area contributed by atoms with Crippen molar-refractivity contribution in [3.63, 3.8) is 0 Å². The molecule has 0 N–H and O–H groups in total. The van der Waals surface area contributed by atoms with Gasteiger partial charge in [0, 0.05) is 0 Å². The standard InChI is InChI=1S/C21H36/c1-18(2)9-6-10-20(5)16(18)8-12-21-11-7-15(13-17(20)21)19(3,4)14-21/h15-17H,6-14H2,1-5H3/t15-,16?,17?,20+,21+/m0/s1. The van der Waals surface area contributed by atoms with Crippen molar-refractivity contribution in [2.45, 2.75) is 92.4 Å². The van der Waals surface area contributed by atoms with Gasteiger partial charge in [-0.05, 0) is 90.8 Å². The van der Waals surface area contributed by atoms with Crippen LogP contribution in [0.3, 0.4) is 0 Å². The Morgan fingerprint density at radius 2 is 1.43 bits per heavy atom. The maximum atomic E-state index is 2.72. The van der Waals surface area contributed by atoms with Gasteiger partial charge in [-0.2, -0.15) is 0 Å². The van der Waals surface area contributed by atoms with Gasteiger partial charge in [0.2, 0.25) is 0 Å². The molecule has 5 fully saturated rings. The van der Waals surface area contributed by atoms with Crippen LogP contribution in [-0.4, -0.2) is 0 Å². The summed E-state index contributed by atoms with van der Waals surface area (Å²) in [5.74, 6) is 3.07. The summed E-state index contributed by atoms with van der Waals surface area (Å²) in [6.07, 6.45) is 13.8. The number of rotatable bonds is 0. The molecule has 0 amide bonds. The minimum absolute atomic E-state index is 0.598. The molecule has 0 aromatic rings. The predicted octanol–water partition coefficient (Wildman–Crippen LogP) is 6.45. The fraction of sp³-hybridized carbons (Fsp3) is 1.00. The monoisotopic (exact) mass is 288 g/mol. The summed E-state index contributed by atoms with van der Waals surface area (Å²) in [6, 6.07) is 0. The Morgan fingerprint density at radius 1 is 0.714 bits per heavy atom. The molecule has 5 atom stereocenters. The third-order valence-electron chi connectivity index (χ3n) is 9.17. The van der Waals surface area contributed by atoms with E-state index in [1.54, 1.807) is 19.3 Å². The van der Waals surface area contributed by atoms with Gasteiger partial charge in [-0.15, -0.1) is 0 Å². The average molecular weight is 289 g/mol. The van der Waals surface area contributed by atoms with Crippen LogP contribution >= 0.6 is 0 Å². The van der Waals surface area contributed by atoms with Gasteiger partial charge in [-0.25, -0.2) is 0 Å². The molecule has 5 rings (SSSR count). The summed E-state index contributed by atoms with van der Waals surface area (Å²) in [7, 11) is 0. The van der Waals surface area contributed by atoms with Gasteiger partial charge in [-0.1, -0.05) is 41.0 Å². The molecule has 0 heterocycles. The summed E-state index contributed by atoms with van der Waals surface area (Å²) >= 11 is 0. The van der Waals surface area contributed by atoms with Gasteiger partial charge in [0.1, 0.15) is 0 Å². The van der Waals surface area contributed by atoms with Crippen LogP contribution in [0.4, 0.5) is 0 Å². The fourth-order valence-electron chi connectivity index (χ4n) is 8.35. The van der Waals surface area contributed by atoms with E-state index in [-0.39, 0.29) is 0 Å². The Kier molecular flexibility index (Phi) is 2.84. The first-order valence-electron chi connectivity index (χ1n) is 9.70. The van der Waals surface area contributed by atoms with Gasteiger partial charge in [0.25, 0.3) is 0 Å². The molecule has 5 aliphatic rings. The Labute approximate surface area is 132 Å². The van der Waals surface area contributed by atoms with Gasteiger partial charge < -0.3 is 0 Å². The molecule has 5 aliphatic carbocycles. The van der Waals surface area contributed by atoms with Crippen molar-refractivity contribution in [3.05, 3.63) is 0 Å². The highest BCUT2D eigenvalue weighted by Gasteiger charge is 2.64. The molecular formula is C21H36. The van der Waals surface area contributed by atoms with E-state index >= 15 is 0 Å². The average Bonchev–Trinajstić information content (AvgIpc) is 2.36. The minimum Gasteiger partial charge on any atom is -0.0596 e. The van der Waals surface area contributed by atoms with Crippen molar-refractivity contribution in [3.8, 4) is 0 Å². The van der Waals surface area contributed by atoms with Gasteiger partial charge in [0.05, 0.1) is 0 Å². The molecule has 2 bridgehead atoms. The lowest BCUT2D eigenvalue weighted by atomic mass is 9.35. The number of hydrogen-bond acceptors (Lipinski definition) is 0. The molecular weight excluding hydrogens is 252 g/mol. The lowest BCUT2D eigenvalue weighted by Crippen LogP contribution is -2.62. The highest BCUT2D eigenvalue weighted by atomic mass is 14.7. The van der Waals surface area contributed by atoms with E-state index in [1.165, 1.54) is 38.5 Å². The third kappa shape index (κ3) is 1.80. The van der Waals surface area contributed by atoms with E-state index in [1.807, 2.05) is 0 Å². The lowest BCUT2D eigenvalue weighted by Gasteiger charge is -2.70. The molecule has 120 valence electrons. The molecule has 0 aromatic carbocycles. The highest BCUT2D eigenvalue weighted by Crippen LogP contribution is 2.73. The summed E-state index contributed by atoms with van der Waals surface area (Å²) in [4.78, 5) is 0. The summed E-state index contributed by atoms with van der Waals surface area (Å²) in [5, 5.41) is 0. The van der Waals surface area contributed by atoms with Crippen molar-refractivity contribution in [1.29, 1.82) is 0 Å². The van der Waals surface area contributed by atoms with E-state index in [9.17, 15) is 0 Å². The van der Waals surface area contributed by atoms with Crippen LogP contribution in [0.1, 0.15) is 92.4 Å². The molecule has 0 saturated heterocycles. The van der Waals surface area contributed by atoms with Crippen molar-refractivity contribution < 1.29 is 0 Å². The topological polar surface area (TPSA) is 0 Å². The second-order valence-electron chi connectivity index (χ2n) is 11.0. The Morgan fingerprint density at radius 3 is 2.14 bits per heavy atom. The second kappa shape index (κ2) is 4.09. The quantitative estimate of drug-likeness (QED) is 0.481. The minimum atomic E-state index is 0.598. The Hall–Kier alpha value is 0. The first-order chi connectivity index (χ1) is 9.70. The van der Waals surface area contributed by atoms with Crippen molar-refractivity contribution in [2.24, 2.45) is 39.4 Å². The fourth-order valence-corrected chi connectivity index (χ4v) is 8.35. The zero-order chi connectivity index (χ0) is 15.1. The Bertz CT molecular complexity index is 445. The maximum absolute atomic E-state index is 2.72. The maximum Gasteiger partial charge on any atom is -0.0258 e. The van der Waals surface area contributed by atoms with E-state index in [0.29, 0.717) is 16.2 Å². The van der Waals surface area contributed by atoms with Crippen LogP contribution in [0.25, 0.3) is 0 Å². The van der Waals surface area contributed by atoms with E-state index in [0.717, 1.165) is 23.2 Å². The molecule has 1 spiro atoms. The summed E-state index contributed by atoms with van der Waals surface area (Å²) in [6.45, 7) is 13.0. The van der Waals surface area contributed by atoms with Gasteiger partial charge >= 0.3 is 0 Å². The van der Waals surface area contributed by atoms with Crippen molar-refractivity contribution in [1.82, 2.24) is 0 Å². The third-order valence-corrected chi connectivity index (χ3v) is 9.17. The number of fused-ring (bicyclic) bond motifs is 3. The van der Waals surface area contributed by atoms with Crippen molar-refractivity contribution in [2.75, 3.05) is 0 Å². The van der Waals surface area contributed by atoms with E-state index < -0.39 is 0 Å². The highest BCUT2D eigenvalue weighted by molar-refractivity contribution is 5.14. The molecule has 5 saturated carbocycles. The van der Waals surface area contributed by atoms with E-state index in [2.05, 4.69) is 34.6 Å². The van der Waals surface area contributed by atoms with Crippen LogP contribution in [-0.2, 0) is 0 Å². The smallest absolute Gasteiger partial charge is 0.0258 e. The van der Waals surface area contributed by atoms with E-state index in [4.69, 9.17) is 0 Å². The molecule has 0 nitrogen and oxygen atoms in total. The predicted molar refractivity (Wildman–Crippen MR) is 90.1 cm³/mol. The van der Waals surface area contributed by atoms with Crippen LogP contribution in [0.2, 0.25) is 0 Å². The first-order valence-corrected chi connectivity index (χ1v) is 9.70. The number of hydrogen-bond donors (Lipinski definition) is 0. The SMILES string of the molecule is CC1(C)CCC[C@]2(C)C1CC[C@@]13CC[C@@H](CC12)C(C)(C)C3. The summed E-state index contributed by atoms with van der Waals surface area (Å²) in [5.41, 5.74) is 2.62. The second-order valence-corrected chi connectivity index (χ2v) is 11.0. The molecule has 0 radical (unpaired) electrons. The normalized spacial score (nSPS) is 53.9. The molecule has 0 heteroatoms. The zero-order valence-corrected chi connectivity index (χ0v) is 15.1. The lowest BCUT2D eigenvalue weighted by molar-refractivity contribution is -0.207. The van der Waals surface area contributed by atoms with Crippen LogP contribution in [0, 0.1) is 39.4 Å². The van der Waals surface area contributed by atoms with Gasteiger partial charge in [-0.3, -0.25) is 0 Å². The molecule has 0 aromatic heterocycles. The molecule has 2 unspecified atom stereocenters. The zero-order valence-electron chi connectivity index (χ0n) is 15.1. The first kappa shape index (κ1) is 14.6. The largest absolute Gasteiger partial charge is 0.0596 e. The van der Waals surface area contributed by atoms with Crippen LogP contribution < -0.4 is 0 Å². The summed E-state index contributed by atoms with van der Waals surface area (Å²) < 4.78 is 0. The molecule has 0 aliphatic heterocycles. The van der Waals surface area contributed by atoms with Gasteiger partial charge in [0.15, 0.2) is 0 Å². The van der Waals surface area contributed by atoms with Crippen LogP contribution in [0.15, 0.2) is 0 Å². The van der Waals surface area contributed by atoms with Crippen LogP contribution in [0.5, 0.6) is 0 Å².